The van der Waals surface area contributed by atoms with E-state index in [1.807, 2.05) is 0 Å². The lowest BCUT2D eigenvalue weighted by atomic mass is 9.70. The molecule has 0 amide bonds. The lowest BCUT2D eigenvalue weighted by molar-refractivity contribution is -0.141. The summed E-state index contributed by atoms with van der Waals surface area (Å²) in [5.74, 6) is -0.0311. The number of rotatable bonds is 3. The van der Waals surface area contributed by atoms with Crippen molar-refractivity contribution in [1.82, 2.24) is 5.32 Å². The number of nitrogens with one attached hydrogen (secondary N) is 1. The predicted octanol–water partition coefficient (Wildman–Crippen LogP) is 0.643. The van der Waals surface area contributed by atoms with Crippen molar-refractivity contribution in [3.05, 3.63) is 0 Å². The molecule has 0 aromatic heterocycles. The molecule has 1 aliphatic heterocycles. The molecule has 0 aromatic carbocycles. The summed E-state index contributed by atoms with van der Waals surface area (Å²) in [7, 11) is -3.95. The van der Waals surface area contributed by atoms with Crippen molar-refractivity contribution in [3.8, 4) is 0 Å². The van der Waals surface area contributed by atoms with Crippen molar-refractivity contribution in [2.45, 2.75) is 31.7 Å². The third-order valence-corrected chi connectivity index (χ3v) is 5.20. The Bertz CT molecular complexity index is 368. The van der Waals surface area contributed by atoms with Gasteiger partial charge in [-0.05, 0) is 50.0 Å². The summed E-state index contributed by atoms with van der Waals surface area (Å²) in [6.07, 6.45) is 3.06. The molecule has 0 bridgehead atoms. The van der Waals surface area contributed by atoms with Crippen molar-refractivity contribution in [1.29, 1.82) is 0 Å². The van der Waals surface area contributed by atoms with Crippen LogP contribution in [0.1, 0.15) is 25.7 Å². The van der Waals surface area contributed by atoms with Gasteiger partial charge < -0.3 is 20.2 Å². The zero-order chi connectivity index (χ0) is 13.3. The van der Waals surface area contributed by atoms with E-state index in [0.717, 1.165) is 19.3 Å². The fourth-order valence-corrected chi connectivity index (χ4v) is 4.36. The minimum atomic E-state index is -3.95. The first kappa shape index (κ1) is 14.0. The maximum absolute atomic E-state index is 11.0. The average Bonchev–Trinajstić information content (AvgIpc) is 2.25. The Kier molecular flexibility index (Phi) is 4.11. The molecular formula is C11H20NO5P. The largest absolute Gasteiger partial charge is 0.480 e. The second-order valence-electron chi connectivity index (χ2n) is 5.58. The van der Waals surface area contributed by atoms with Gasteiger partial charge >= 0.3 is 13.6 Å². The molecule has 1 saturated carbocycles. The Morgan fingerprint density at radius 1 is 1.22 bits per heavy atom. The number of hydrogen-bond donors (Lipinski definition) is 4. The number of fused-ring (bicyclic) bond motifs is 1. The molecule has 6 nitrogen and oxygen atoms in total. The van der Waals surface area contributed by atoms with Gasteiger partial charge in [-0.15, -0.1) is 0 Å². The molecule has 1 saturated heterocycles. The maximum Gasteiger partial charge on any atom is 0.325 e. The Morgan fingerprint density at radius 3 is 2.56 bits per heavy atom. The zero-order valence-corrected chi connectivity index (χ0v) is 11.1. The highest BCUT2D eigenvalue weighted by atomic mass is 31.2. The van der Waals surface area contributed by atoms with E-state index in [2.05, 4.69) is 5.32 Å². The lowest BCUT2D eigenvalue weighted by Gasteiger charge is -2.41. The van der Waals surface area contributed by atoms with Gasteiger partial charge in [0.15, 0.2) is 0 Å². The number of carboxylic acids is 1. The van der Waals surface area contributed by atoms with E-state index in [-0.39, 0.29) is 18.0 Å². The van der Waals surface area contributed by atoms with Crippen LogP contribution >= 0.6 is 7.60 Å². The van der Waals surface area contributed by atoms with Gasteiger partial charge in [0.1, 0.15) is 6.04 Å². The molecule has 18 heavy (non-hydrogen) atoms. The second-order valence-corrected chi connectivity index (χ2v) is 7.28. The van der Waals surface area contributed by atoms with Crippen LogP contribution < -0.4 is 5.32 Å². The normalized spacial score (nSPS) is 37.0. The summed E-state index contributed by atoms with van der Waals surface area (Å²) >= 11 is 0. The van der Waals surface area contributed by atoms with Crippen molar-refractivity contribution < 1.29 is 24.3 Å². The SMILES string of the molecule is O=C(O)[C@@H]1CC2CC(CP(=O)(O)O)CCC2CN1. The average molecular weight is 277 g/mol. The van der Waals surface area contributed by atoms with E-state index in [1.165, 1.54) is 0 Å². The van der Waals surface area contributed by atoms with Crippen LogP contribution in [0.5, 0.6) is 0 Å². The fourth-order valence-electron chi connectivity index (χ4n) is 3.35. The van der Waals surface area contributed by atoms with Gasteiger partial charge in [0, 0.05) is 0 Å². The topological polar surface area (TPSA) is 107 Å². The standard InChI is InChI=1S/C11H20NO5P/c13-11(14)10-4-9-3-7(6-18(15,16)17)1-2-8(9)5-12-10/h7-10,12H,1-6H2,(H,13,14)(H2,15,16,17)/t7?,8?,9?,10-/m0/s1. The number of piperidine rings is 1. The Labute approximate surface area is 106 Å². The Hall–Kier alpha value is -0.420. The molecule has 4 N–H and O–H groups in total. The number of aliphatic carboxylic acids is 1. The maximum atomic E-state index is 11.0. The van der Waals surface area contributed by atoms with Crippen molar-refractivity contribution in [3.63, 3.8) is 0 Å². The molecule has 1 aliphatic carbocycles. The number of carboxylic acid groups (broad SMARTS) is 1. The molecule has 2 rings (SSSR count). The van der Waals surface area contributed by atoms with Crippen LogP contribution in [0.25, 0.3) is 0 Å². The molecule has 7 heteroatoms. The number of hydrogen-bond acceptors (Lipinski definition) is 3. The molecule has 3 unspecified atom stereocenters. The van der Waals surface area contributed by atoms with Gasteiger partial charge in [0.05, 0.1) is 6.16 Å². The van der Waals surface area contributed by atoms with Gasteiger partial charge in [-0.2, -0.15) is 0 Å². The van der Waals surface area contributed by atoms with Crippen LogP contribution in [0.15, 0.2) is 0 Å². The Morgan fingerprint density at radius 2 is 1.94 bits per heavy atom. The first-order chi connectivity index (χ1) is 8.35. The van der Waals surface area contributed by atoms with Crippen LogP contribution in [-0.4, -0.2) is 39.6 Å². The van der Waals surface area contributed by atoms with Gasteiger partial charge in [0.2, 0.25) is 0 Å². The summed E-state index contributed by atoms with van der Waals surface area (Å²) in [5, 5.41) is 12.0. The monoisotopic (exact) mass is 277 g/mol. The summed E-state index contributed by atoms with van der Waals surface area (Å²) < 4.78 is 11.0. The smallest absolute Gasteiger partial charge is 0.325 e. The summed E-state index contributed by atoms with van der Waals surface area (Å²) in [6, 6.07) is -0.500. The van der Waals surface area contributed by atoms with Crippen LogP contribution in [0, 0.1) is 17.8 Å². The molecule has 104 valence electrons. The van der Waals surface area contributed by atoms with Gasteiger partial charge in [-0.25, -0.2) is 0 Å². The second kappa shape index (κ2) is 5.29. The van der Waals surface area contributed by atoms with Gasteiger partial charge in [0.25, 0.3) is 0 Å². The molecule has 1 heterocycles. The van der Waals surface area contributed by atoms with Crippen molar-refractivity contribution in [2.24, 2.45) is 17.8 Å². The zero-order valence-electron chi connectivity index (χ0n) is 10.2. The number of carbonyl (C=O) groups is 1. The molecule has 0 radical (unpaired) electrons. The fraction of sp³-hybridized carbons (Fsp3) is 0.909. The van der Waals surface area contributed by atoms with E-state index in [0.29, 0.717) is 18.9 Å². The molecule has 4 atom stereocenters. The summed E-state index contributed by atoms with van der Waals surface area (Å²) in [4.78, 5) is 29.0. The third-order valence-electron chi connectivity index (χ3n) is 4.21. The minimum absolute atomic E-state index is 0.0413. The van der Waals surface area contributed by atoms with E-state index in [9.17, 15) is 9.36 Å². The lowest BCUT2D eigenvalue weighted by Crippen LogP contribution is -2.49. The van der Waals surface area contributed by atoms with E-state index in [4.69, 9.17) is 14.9 Å². The van der Waals surface area contributed by atoms with Crippen molar-refractivity contribution >= 4 is 13.6 Å². The molecule has 0 aromatic rings. The van der Waals surface area contributed by atoms with Crippen LogP contribution in [0.3, 0.4) is 0 Å². The predicted molar refractivity (Wildman–Crippen MR) is 65.3 cm³/mol. The molecule has 0 spiro atoms. The van der Waals surface area contributed by atoms with Crippen molar-refractivity contribution in [2.75, 3.05) is 12.7 Å². The Balaban J connectivity index is 1.93. The molecular weight excluding hydrogens is 257 g/mol. The van der Waals surface area contributed by atoms with Crippen LogP contribution in [-0.2, 0) is 9.36 Å². The quantitative estimate of drug-likeness (QED) is 0.564. The van der Waals surface area contributed by atoms with Crippen LogP contribution in [0.4, 0.5) is 0 Å². The third kappa shape index (κ3) is 3.54. The summed E-state index contributed by atoms with van der Waals surface area (Å²) in [6.45, 7) is 0.713. The minimum Gasteiger partial charge on any atom is -0.480 e. The van der Waals surface area contributed by atoms with Crippen LogP contribution in [0.2, 0.25) is 0 Å². The molecule has 2 aliphatic rings. The van der Waals surface area contributed by atoms with E-state index in [1.54, 1.807) is 0 Å². The first-order valence-corrected chi connectivity index (χ1v) is 8.15. The highest BCUT2D eigenvalue weighted by molar-refractivity contribution is 7.51. The highest BCUT2D eigenvalue weighted by Crippen LogP contribution is 2.45. The summed E-state index contributed by atoms with van der Waals surface area (Å²) in [5.41, 5.74) is 0. The first-order valence-electron chi connectivity index (χ1n) is 6.36. The van der Waals surface area contributed by atoms with Gasteiger partial charge in [-0.3, -0.25) is 9.36 Å². The van der Waals surface area contributed by atoms with E-state index < -0.39 is 19.6 Å². The highest BCUT2D eigenvalue weighted by Gasteiger charge is 2.38. The molecule has 2 fully saturated rings. The van der Waals surface area contributed by atoms with E-state index >= 15 is 0 Å². The van der Waals surface area contributed by atoms with Gasteiger partial charge in [-0.1, -0.05) is 0 Å².